The molecule has 3 rings (SSSR count). The van der Waals surface area contributed by atoms with Crippen molar-refractivity contribution in [3.63, 3.8) is 0 Å². The topological polar surface area (TPSA) is 168 Å². The molecule has 0 aromatic heterocycles. The van der Waals surface area contributed by atoms with E-state index in [-0.39, 0.29) is 6.61 Å². The number of allylic oxidation sites excluding steroid dienone is 2. The first-order valence-electron chi connectivity index (χ1n) is 15.8. The van der Waals surface area contributed by atoms with Gasteiger partial charge in [0.1, 0.15) is 48.8 Å². The standard InChI is InChI=1S/C30H54O11/c1-2-3-4-5-6-7-8-9-10-11-12-13-14-15-16-17-22-37-19-21-28(40-22)25(34)27(36)30(39-21)41-29-26(35)24(33)23(32)20(18-31)38-29/h9-10,20-36H,2-8,11-19H2,1H3/b10-9-/t20-,21-,22?,23-,24+,25-,26-,27-,28-,29-,30-/m1/s1. The summed E-state index contributed by atoms with van der Waals surface area (Å²) in [6.45, 7) is 1.75. The lowest BCUT2D eigenvalue weighted by atomic mass is 9.97. The quantitative estimate of drug-likeness (QED) is 0.102. The summed E-state index contributed by atoms with van der Waals surface area (Å²) < 4.78 is 28.3. The molecule has 3 saturated heterocycles. The molecule has 0 saturated carbocycles. The van der Waals surface area contributed by atoms with E-state index in [9.17, 15) is 30.6 Å². The van der Waals surface area contributed by atoms with E-state index < -0.39 is 74.3 Å². The lowest BCUT2D eigenvalue weighted by molar-refractivity contribution is -0.398. The first-order valence-corrected chi connectivity index (χ1v) is 15.8. The predicted octanol–water partition coefficient (Wildman–Crippen LogP) is 2.03. The highest BCUT2D eigenvalue weighted by Gasteiger charge is 2.52. The highest BCUT2D eigenvalue weighted by atomic mass is 16.8. The maximum atomic E-state index is 10.7. The lowest BCUT2D eigenvalue weighted by Gasteiger charge is -2.48. The molecule has 3 fully saturated rings. The van der Waals surface area contributed by atoms with Gasteiger partial charge in [0.2, 0.25) is 0 Å². The van der Waals surface area contributed by atoms with Crippen LogP contribution in [0.15, 0.2) is 12.2 Å². The van der Waals surface area contributed by atoms with Crippen LogP contribution in [0.4, 0.5) is 0 Å². The highest BCUT2D eigenvalue weighted by molar-refractivity contribution is 4.94. The molecule has 240 valence electrons. The van der Waals surface area contributed by atoms with Crippen LogP contribution in [-0.2, 0) is 23.7 Å². The van der Waals surface area contributed by atoms with E-state index in [4.69, 9.17) is 23.7 Å². The molecule has 0 amide bonds. The lowest BCUT2D eigenvalue weighted by Crippen LogP contribution is -2.65. The fraction of sp³-hybridized carbons (Fsp3) is 0.933. The van der Waals surface area contributed by atoms with Crippen LogP contribution in [0.5, 0.6) is 0 Å². The van der Waals surface area contributed by atoms with Gasteiger partial charge in [-0.3, -0.25) is 0 Å². The second kappa shape index (κ2) is 18.9. The number of aliphatic hydroxyl groups is 6. The Morgan fingerprint density at radius 1 is 0.659 bits per heavy atom. The first kappa shape index (κ1) is 34.8. The molecule has 41 heavy (non-hydrogen) atoms. The van der Waals surface area contributed by atoms with Crippen molar-refractivity contribution in [3.8, 4) is 0 Å². The number of rotatable bonds is 18. The molecule has 11 heteroatoms. The summed E-state index contributed by atoms with van der Waals surface area (Å²) in [5.74, 6) is 0. The summed E-state index contributed by atoms with van der Waals surface area (Å²) in [6, 6.07) is 0. The zero-order valence-electron chi connectivity index (χ0n) is 24.5. The number of hydrogen-bond acceptors (Lipinski definition) is 11. The number of fused-ring (bicyclic) bond motifs is 1. The van der Waals surface area contributed by atoms with Crippen LogP contribution >= 0.6 is 0 Å². The van der Waals surface area contributed by atoms with Crippen molar-refractivity contribution in [1.29, 1.82) is 0 Å². The van der Waals surface area contributed by atoms with Gasteiger partial charge in [-0.1, -0.05) is 70.4 Å². The van der Waals surface area contributed by atoms with E-state index in [1.54, 1.807) is 0 Å². The van der Waals surface area contributed by atoms with Crippen LogP contribution in [0.2, 0.25) is 0 Å². The molecule has 0 aliphatic carbocycles. The summed E-state index contributed by atoms with van der Waals surface area (Å²) in [7, 11) is 0. The van der Waals surface area contributed by atoms with E-state index in [1.807, 2.05) is 0 Å². The molecular weight excluding hydrogens is 536 g/mol. The van der Waals surface area contributed by atoms with Crippen molar-refractivity contribution in [2.45, 2.75) is 165 Å². The Morgan fingerprint density at radius 3 is 1.90 bits per heavy atom. The second-order valence-electron chi connectivity index (χ2n) is 11.6. The van der Waals surface area contributed by atoms with Gasteiger partial charge in [-0.2, -0.15) is 0 Å². The van der Waals surface area contributed by atoms with Crippen molar-refractivity contribution < 1.29 is 54.3 Å². The Labute approximate surface area is 244 Å². The molecule has 6 N–H and O–H groups in total. The molecule has 1 unspecified atom stereocenters. The third-order valence-electron chi connectivity index (χ3n) is 8.21. The Bertz CT molecular complexity index is 721. The molecule has 0 aromatic carbocycles. The largest absolute Gasteiger partial charge is 0.394 e. The van der Waals surface area contributed by atoms with Gasteiger partial charge < -0.3 is 54.3 Å². The molecule has 11 atom stereocenters. The molecule has 3 heterocycles. The van der Waals surface area contributed by atoms with Gasteiger partial charge in [0.05, 0.1) is 13.2 Å². The maximum absolute atomic E-state index is 10.7. The smallest absolute Gasteiger partial charge is 0.189 e. The Morgan fingerprint density at radius 2 is 1.24 bits per heavy atom. The Kier molecular flexibility index (Phi) is 16.0. The monoisotopic (exact) mass is 590 g/mol. The van der Waals surface area contributed by atoms with E-state index >= 15 is 0 Å². The maximum Gasteiger partial charge on any atom is 0.189 e. The van der Waals surface area contributed by atoms with Crippen LogP contribution in [0.3, 0.4) is 0 Å². The average molecular weight is 591 g/mol. The molecule has 0 bridgehead atoms. The van der Waals surface area contributed by atoms with Crippen LogP contribution in [-0.4, -0.2) is 112 Å². The summed E-state index contributed by atoms with van der Waals surface area (Å²) in [4.78, 5) is 0. The van der Waals surface area contributed by atoms with E-state index in [1.165, 1.54) is 57.8 Å². The summed E-state index contributed by atoms with van der Waals surface area (Å²) in [5.41, 5.74) is 0. The van der Waals surface area contributed by atoms with E-state index in [2.05, 4.69) is 19.1 Å². The molecule has 11 nitrogen and oxygen atoms in total. The molecule has 0 spiro atoms. The fourth-order valence-electron chi connectivity index (χ4n) is 5.58. The highest BCUT2D eigenvalue weighted by Crippen LogP contribution is 2.32. The van der Waals surface area contributed by atoms with Gasteiger partial charge in [0, 0.05) is 0 Å². The van der Waals surface area contributed by atoms with Gasteiger partial charge >= 0.3 is 0 Å². The molecular formula is C30H54O11. The van der Waals surface area contributed by atoms with Gasteiger partial charge in [0.15, 0.2) is 18.9 Å². The van der Waals surface area contributed by atoms with Gasteiger partial charge in [-0.15, -0.1) is 0 Å². The predicted molar refractivity (Wildman–Crippen MR) is 150 cm³/mol. The van der Waals surface area contributed by atoms with Crippen molar-refractivity contribution in [3.05, 3.63) is 12.2 Å². The molecule has 3 aliphatic rings. The van der Waals surface area contributed by atoms with Crippen LogP contribution in [0, 0.1) is 0 Å². The van der Waals surface area contributed by atoms with Crippen molar-refractivity contribution in [2.75, 3.05) is 13.2 Å². The minimum absolute atomic E-state index is 0.124. The number of aliphatic hydroxyl groups excluding tert-OH is 6. The first-order chi connectivity index (χ1) is 19.9. The minimum atomic E-state index is -1.66. The number of unbranched alkanes of at least 4 members (excludes halogenated alkanes) is 11. The number of hydrogen-bond donors (Lipinski definition) is 6. The van der Waals surface area contributed by atoms with Crippen molar-refractivity contribution in [1.82, 2.24) is 0 Å². The van der Waals surface area contributed by atoms with Gasteiger partial charge in [0.25, 0.3) is 0 Å². The second-order valence-corrected chi connectivity index (χ2v) is 11.6. The average Bonchev–Trinajstić information content (AvgIpc) is 2.98. The normalized spacial score (nSPS) is 37.9. The minimum Gasteiger partial charge on any atom is -0.394 e. The van der Waals surface area contributed by atoms with Crippen molar-refractivity contribution >= 4 is 0 Å². The third kappa shape index (κ3) is 10.8. The summed E-state index contributed by atoms with van der Waals surface area (Å²) in [5, 5.41) is 60.8. The fourth-order valence-corrected chi connectivity index (χ4v) is 5.58. The molecule has 0 radical (unpaired) electrons. The SMILES string of the molecule is CCCCCCCC/C=C\CCCCCCCC1OC[C@H]2O[C@H](O[C@H]3O[C@H](CO)[C@@H](O)[C@H](O)[C@H]3O)[C@H](O)[C@@H](O)[C@@H]2O1. The molecule has 3 aliphatic heterocycles. The van der Waals surface area contributed by atoms with E-state index in [0.717, 1.165) is 25.7 Å². The van der Waals surface area contributed by atoms with Crippen molar-refractivity contribution in [2.24, 2.45) is 0 Å². The zero-order chi connectivity index (χ0) is 29.6. The number of ether oxygens (including phenoxy) is 5. The van der Waals surface area contributed by atoms with Crippen LogP contribution < -0.4 is 0 Å². The molecule has 0 aromatic rings. The summed E-state index contributed by atoms with van der Waals surface area (Å²) in [6.07, 6.45) is 7.34. The third-order valence-corrected chi connectivity index (χ3v) is 8.21. The zero-order valence-corrected chi connectivity index (χ0v) is 24.5. The Balaban J connectivity index is 1.27. The summed E-state index contributed by atoms with van der Waals surface area (Å²) >= 11 is 0. The van der Waals surface area contributed by atoms with Crippen LogP contribution in [0.1, 0.15) is 96.8 Å². The Hall–Kier alpha value is -0.700. The van der Waals surface area contributed by atoms with Gasteiger partial charge in [-0.25, -0.2) is 0 Å². The van der Waals surface area contributed by atoms with Crippen LogP contribution in [0.25, 0.3) is 0 Å². The van der Waals surface area contributed by atoms with E-state index in [0.29, 0.717) is 6.42 Å². The van der Waals surface area contributed by atoms with Gasteiger partial charge in [-0.05, 0) is 38.5 Å².